The lowest BCUT2D eigenvalue weighted by atomic mass is 10.1. The molecule has 2 aromatic carbocycles. The molecule has 130 valence electrons. The average Bonchev–Trinajstić information content (AvgIpc) is 2.85. The molecule has 0 saturated heterocycles. The number of halogens is 3. The van der Waals surface area contributed by atoms with Crippen LogP contribution >= 0.6 is 24.0 Å². The maximum atomic E-state index is 14.2. The largest absolute Gasteiger partial charge is 0.444 e. The topological polar surface area (TPSA) is 68.5 Å². The van der Waals surface area contributed by atoms with Crippen molar-refractivity contribution in [3.63, 3.8) is 0 Å². The minimum absolute atomic E-state index is 0. The van der Waals surface area contributed by atoms with Crippen LogP contribution in [0.2, 0.25) is 5.02 Å². The smallest absolute Gasteiger partial charge is 0.278 e. The molecule has 0 bridgehead atoms. The van der Waals surface area contributed by atoms with E-state index in [1.807, 2.05) is 12.1 Å². The third kappa shape index (κ3) is 3.52. The van der Waals surface area contributed by atoms with E-state index in [1.165, 1.54) is 6.07 Å². The second-order valence-electron chi connectivity index (χ2n) is 5.29. The Hall–Kier alpha value is -1.73. The van der Waals surface area contributed by atoms with E-state index in [1.54, 1.807) is 25.1 Å². The van der Waals surface area contributed by atoms with Crippen molar-refractivity contribution in [2.45, 2.75) is 12.7 Å². The van der Waals surface area contributed by atoms with Gasteiger partial charge in [0.2, 0.25) is 0 Å². The molecule has 1 heterocycles. The van der Waals surface area contributed by atoms with E-state index in [0.29, 0.717) is 29.6 Å². The Labute approximate surface area is 150 Å². The summed E-state index contributed by atoms with van der Waals surface area (Å²) in [5.41, 5.74) is 3.61. The number of rotatable bonds is 5. The van der Waals surface area contributed by atoms with Crippen LogP contribution < -0.4 is 26.1 Å². The average molecular weight is 374 g/mol. The van der Waals surface area contributed by atoms with Gasteiger partial charge in [0.1, 0.15) is 5.82 Å². The fourth-order valence-corrected chi connectivity index (χ4v) is 2.66. The first-order valence-electron chi connectivity index (χ1n) is 7.17. The van der Waals surface area contributed by atoms with Crippen LogP contribution in [-0.4, -0.2) is 13.1 Å². The van der Waals surface area contributed by atoms with Gasteiger partial charge in [-0.2, -0.15) is 0 Å². The second-order valence-corrected chi connectivity index (χ2v) is 5.72. The minimum atomic E-state index is -1.25. The van der Waals surface area contributed by atoms with Gasteiger partial charge in [0, 0.05) is 25.0 Å². The van der Waals surface area contributed by atoms with Crippen LogP contribution in [0.1, 0.15) is 12.5 Å². The summed E-state index contributed by atoms with van der Waals surface area (Å²) in [6.07, 6.45) is 0. The monoisotopic (exact) mass is 373 g/mol. The van der Waals surface area contributed by atoms with Gasteiger partial charge in [-0.1, -0.05) is 17.7 Å². The summed E-state index contributed by atoms with van der Waals surface area (Å²) in [6, 6.07) is 9.89. The van der Waals surface area contributed by atoms with Gasteiger partial charge in [-0.15, -0.1) is 12.4 Å². The number of hydrazine groups is 1. The van der Waals surface area contributed by atoms with Gasteiger partial charge in [0.15, 0.2) is 11.5 Å². The summed E-state index contributed by atoms with van der Waals surface area (Å²) < 4.78 is 26.0. The van der Waals surface area contributed by atoms with Gasteiger partial charge in [0.25, 0.3) is 5.79 Å². The number of fused-ring (bicyclic) bond motifs is 1. The predicted molar refractivity (Wildman–Crippen MR) is 94.4 cm³/mol. The summed E-state index contributed by atoms with van der Waals surface area (Å²) in [6.45, 7) is 2.88. The molecule has 0 radical (unpaired) electrons. The standard InChI is InChI=1S/C16H17ClFN3O2.ClH/c1-16(11-6-5-10(17)9-12(11)18)22-14-4-2-3-13(15(14)23-16)20-7-8-21-19;/h2-6,9,20-21H,7-8,19H2,1H3;1H. The van der Waals surface area contributed by atoms with Gasteiger partial charge in [-0.3, -0.25) is 11.3 Å². The maximum Gasteiger partial charge on any atom is 0.278 e. The highest BCUT2D eigenvalue weighted by Gasteiger charge is 2.42. The van der Waals surface area contributed by atoms with Gasteiger partial charge in [-0.05, 0) is 30.3 Å². The molecule has 3 rings (SSSR count). The minimum Gasteiger partial charge on any atom is -0.444 e. The lowest BCUT2D eigenvalue weighted by Crippen LogP contribution is -2.32. The molecule has 8 heteroatoms. The van der Waals surface area contributed by atoms with Gasteiger partial charge in [0.05, 0.1) is 11.3 Å². The van der Waals surface area contributed by atoms with Crippen molar-refractivity contribution in [2.24, 2.45) is 5.84 Å². The first kappa shape index (κ1) is 18.6. The second kappa shape index (κ2) is 7.44. The molecule has 5 nitrogen and oxygen atoms in total. The van der Waals surface area contributed by atoms with E-state index in [4.69, 9.17) is 26.9 Å². The van der Waals surface area contributed by atoms with Crippen molar-refractivity contribution in [2.75, 3.05) is 18.4 Å². The highest BCUT2D eigenvalue weighted by atomic mass is 35.5. The molecule has 0 saturated carbocycles. The van der Waals surface area contributed by atoms with E-state index in [9.17, 15) is 4.39 Å². The maximum absolute atomic E-state index is 14.2. The zero-order valence-electron chi connectivity index (χ0n) is 12.9. The molecule has 1 atom stereocenters. The van der Waals surface area contributed by atoms with Crippen molar-refractivity contribution in [3.8, 4) is 11.5 Å². The highest BCUT2D eigenvalue weighted by molar-refractivity contribution is 6.30. The number of nitrogens with one attached hydrogen (secondary N) is 2. The molecule has 24 heavy (non-hydrogen) atoms. The highest BCUT2D eigenvalue weighted by Crippen LogP contribution is 2.48. The zero-order valence-corrected chi connectivity index (χ0v) is 14.5. The Morgan fingerprint density at radius 2 is 2.00 bits per heavy atom. The van der Waals surface area contributed by atoms with Crippen LogP contribution in [0.15, 0.2) is 36.4 Å². The Bertz CT molecular complexity index is 732. The number of para-hydroxylation sites is 1. The van der Waals surface area contributed by atoms with Crippen LogP contribution in [0, 0.1) is 5.82 Å². The lowest BCUT2D eigenvalue weighted by Gasteiger charge is -2.24. The third-order valence-electron chi connectivity index (χ3n) is 3.59. The van der Waals surface area contributed by atoms with Crippen LogP contribution in [-0.2, 0) is 5.79 Å². The molecule has 1 aliphatic heterocycles. The molecule has 0 amide bonds. The Balaban J connectivity index is 0.00000208. The molecule has 1 unspecified atom stereocenters. The molecule has 4 N–H and O–H groups in total. The molecule has 0 spiro atoms. The normalized spacial score (nSPS) is 18.2. The molecule has 2 aromatic rings. The molecule has 0 aliphatic carbocycles. The number of hydrogen-bond donors (Lipinski definition) is 3. The first-order valence-corrected chi connectivity index (χ1v) is 7.55. The SMILES string of the molecule is CC1(c2ccc(Cl)cc2F)Oc2cccc(NCCNN)c2O1.Cl. The van der Waals surface area contributed by atoms with Crippen LogP contribution in [0.25, 0.3) is 0 Å². The molecular weight excluding hydrogens is 356 g/mol. The number of hydrogen-bond acceptors (Lipinski definition) is 5. The van der Waals surface area contributed by atoms with Gasteiger partial charge in [-0.25, -0.2) is 4.39 Å². The number of ether oxygens (including phenoxy) is 2. The molecule has 1 aliphatic rings. The van der Waals surface area contributed by atoms with E-state index in [0.717, 1.165) is 5.69 Å². The summed E-state index contributed by atoms with van der Waals surface area (Å²) >= 11 is 5.81. The molecule has 0 aromatic heterocycles. The zero-order chi connectivity index (χ0) is 16.4. The summed E-state index contributed by atoms with van der Waals surface area (Å²) in [7, 11) is 0. The fourth-order valence-electron chi connectivity index (χ4n) is 2.50. The van der Waals surface area contributed by atoms with Crippen molar-refractivity contribution in [3.05, 3.63) is 52.8 Å². The quantitative estimate of drug-likeness (QED) is 0.425. The Kier molecular flexibility index (Phi) is 5.77. The van der Waals surface area contributed by atoms with Crippen LogP contribution in [0.5, 0.6) is 11.5 Å². The lowest BCUT2D eigenvalue weighted by molar-refractivity contribution is -0.0704. The summed E-state index contributed by atoms with van der Waals surface area (Å²) in [5.74, 6) is 4.62. The van der Waals surface area contributed by atoms with Crippen molar-refractivity contribution in [1.29, 1.82) is 0 Å². The Morgan fingerprint density at radius 3 is 2.71 bits per heavy atom. The predicted octanol–water partition coefficient (Wildman–Crippen LogP) is 3.42. The first-order chi connectivity index (χ1) is 11.0. The van der Waals surface area contributed by atoms with Gasteiger partial charge < -0.3 is 14.8 Å². The third-order valence-corrected chi connectivity index (χ3v) is 3.82. The van der Waals surface area contributed by atoms with Crippen LogP contribution in [0.4, 0.5) is 10.1 Å². The van der Waals surface area contributed by atoms with Crippen molar-refractivity contribution >= 4 is 29.7 Å². The number of nitrogens with two attached hydrogens (primary N) is 1. The fraction of sp³-hybridized carbons (Fsp3) is 0.250. The van der Waals surface area contributed by atoms with E-state index in [2.05, 4.69) is 10.7 Å². The van der Waals surface area contributed by atoms with Crippen LogP contribution in [0.3, 0.4) is 0 Å². The summed E-state index contributed by atoms with van der Waals surface area (Å²) in [4.78, 5) is 0. The van der Waals surface area contributed by atoms with Crippen molar-refractivity contribution in [1.82, 2.24) is 5.43 Å². The van der Waals surface area contributed by atoms with E-state index in [-0.39, 0.29) is 18.0 Å². The number of benzene rings is 2. The summed E-state index contributed by atoms with van der Waals surface area (Å²) in [5, 5.41) is 3.52. The van der Waals surface area contributed by atoms with E-state index >= 15 is 0 Å². The molecular formula is C16H18Cl2FN3O2. The number of anilines is 1. The van der Waals surface area contributed by atoms with Crippen molar-refractivity contribution < 1.29 is 13.9 Å². The van der Waals surface area contributed by atoms with E-state index < -0.39 is 11.6 Å². The van der Waals surface area contributed by atoms with Gasteiger partial charge >= 0.3 is 0 Å². The molecule has 0 fully saturated rings. The Morgan fingerprint density at radius 1 is 1.21 bits per heavy atom.